The fourth-order valence-corrected chi connectivity index (χ4v) is 4.51. The van der Waals surface area contributed by atoms with Crippen molar-refractivity contribution in [3.05, 3.63) is 59.9 Å². The van der Waals surface area contributed by atoms with Crippen LogP contribution in [0.1, 0.15) is 5.56 Å². The van der Waals surface area contributed by atoms with Gasteiger partial charge in [0.2, 0.25) is 15.9 Å². The average molecular weight is 421 g/mol. The number of carbonyl (C=O) groups excluding carboxylic acids is 1. The van der Waals surface area contributed by atoms with E-state index in [1.54, 1.807) is 7.11 Å². The van der Waals surface area contributed by atoms with Gasteiger partial charge in [0, 0.05) is 32.7 Å². The number of methoxy groups -OCH3 is 1. The predicted octanol–water partition coefficient (Wildman–Crippen LogP) is 1.46. The summed E-state index contributed by atoms with van der Waals surface area (Å²) < 4.78 is 44.8. The Labute approximate surface area is 170 Å². The van der Waals surface area contributed by atoms with Gasteiger partial charge >= 0.3 is 0 Å². The van der Waals surface area contributed by atoms with Gasteiger partial charge in [0.05, 0.1) is 18.6 Å². The molecular formula is C20H24FN3O4S. The maximum atomic E-state index is 13.0. The van der Waals surface area contributed by atoms with Crippen molar-refractivity contribution in [3.8, 4) is 5.75 Å². The van der Waals surface area contributed by atoms with Gasteiger partial charge in [-0.3, -0.25) is 9.69 Å². The highest BCUT2D eigenvalue weighted by Crippen LogP contribution is 2.18. The zero-order valence-electron chi connectivity index (χ0n) is 16.2. The Hall–Kier alpha value is -2.49. The van der Waals surface area contributed by atoms with E-state index in [4.69, 9.17) is 4.74 Å². The quantitative estimate of drug-likeness (QED) is 0.732. The first-order valence-corrected chi connectivity index (χ1v) is 10.7. The van der Waals surface area contributed by atoms with Gasteiger partial charge in [-0.25, -0.2) is 12.8 Å². The Morgan fingerprint density at radius 1 is 1.03 bits per heavy atom. The van der Waals surface area contributed by atoms with E-state index in [-0.39, 0.29) is 30.4 Å². The second-order valence-electron chi connectivity index (χ2n) is 6.76. The molecule has 9 heteroatoms. The topological polar surface area (TPSA) is 79.0 Å². The van der Waals surface area contributed by atoms with Crippen molar-refractivity contribution in [2.45, 2.75) is 11.4 Å². The lowest BCUT2D eigenvalue weighted by Crippen LogP contribution is -2.50. The Morgan fingerprint density at radius 2 is 1.66 bits per heavy atom. The molecule has 29 heavy (non-hydrogen) atoms. The van der Waals surface area contributed by atoms with Crippen molar-refractivity contribution in [2.24, 2.45) is 0 Å². The van der Waals surface area contributed by atoms with Gasteiger partial charge in [0.15, 0.2) is 0 Å². The Balaban J connectivity index is 1.46. The SMILES string of the molecule is COc1ccc(CNC(=O)CN2CCN(S(=O)(=O)c3ccc(F)cc3)CC2)cc1. The third kappa shape index (κ3) is 5.53. The van der Waals surface area contributed by atoms with Crippen LogP contribution in [-0.2, 0) is 21.4 Å². The third-order valence-corrected chi connectivity index (χ3v) is 6.71. The van der Waals surface area contributed by atoms with Crippen molar-refractivity contribution in [2.75, 3.05) is 39.8 Å². The number of hydrogen-bond donors (Lipinski definition) is 1. The number of ether oxygens (including phenoxy) is 1. The lowest BCUT2D eigenvalue weighted by atomic mass is 10.2. The molecule has 1 saturated heterocycles. The summed E-state index contributed by atoms with van der Waals surface area (Å²) in [6, 6.07) is 12.3. The summed E-state index contributed by atoms with van der Waals surface area (Å²) in [5.74, 6) is 0.165. The summed E-state index contributed by atoms with van der Waals surface area (Å²) >= 11 is 0. The molecule has 0 aromatic heterocycles. The van der Waals surface area contributed by atoms with Gasteiger partial charge in [0.25, 0.3) is 0 Å². The highest BCUT2D eigenvalue weighted by atomic mass is 32.2. The third-order valence-electron chi connectivity index (χ3n) is 4.80. The number of sulfonamides is 1. The molecule has 3 rings (SSSR count). The van der Waals surface area contributed by atoms with Crippen molar-refractivity contribution in [3.63, 3.8) is 0 Å². The van der Waals surface area contributed by atoms with Crippen LogP contribution in [-0.4, -0.2) is 63.4 Å². The molecule has 1 amide bonds. The smallest absolute Gasteiger partial charge is 0.243 e. The van der Waals surface area contributed by atoms with E-state index in [1.807, 2.05) is 29.2 Å². The van der Waals surface area contributed by atoms with Gasteiger partial charge in [-0.15, -0.1) is 0 Å². The van der Waals surface area contributed by atoms with Crippen LogP contribution in [0, 0.1) is 5.82 Å². The number of benzene rings is 2. The molecule has 0 bridgehead atoms. The Bertz CT molecular complexity index is 925. The summed E-state index contributed by atoms with van der Waals surface area (Å²) in [6.45, 7) is 2.10. The molecule has 0 radical (unpaired) electrons. The minimum absolute atomic E-state index is 0.0737. The van der Waals surface area contributed by atoms with Crippen LogP contribution in [0.4, 0.5) is 4.39 Å². The standard InChI is InChI=1S/C20H24FN3O4S/c1-28-18-6-2-16(3-7-18)14-22-20(25)15-23-10-12-24(13-11-23)29(26,27)19-8-4-17(21)5-9-19/h2-9H,10-15H2,1H3,(H,22,25). The first kappa shape index (κ1) is 21.2. The van der Waals surface area contributed by atoms with E-state index in [0.29, 0.717) is 19.6 Å². The fraction of sp³-hybridized carbons (Fsp3) is 0.350. The molecule has 1 N–H and O–H groups in total. The molecule has 2 aromatic carbocycles. The number of halogens is 1. The normalized spacial score (nSPS) is 15.8. The van der Waals surface area contributed by atoms with Crippen LogP contribution in [0.15, 0.2) is 53.4 Å². The number of piperazine rings is 1. The number of rotatable bonds is 7. The lowest BCUT2D eigenvalue weighted by Gasteiger charge is -2.33. The van der Waals surface area contributed by atoms with E-state index in [0.717, 1.165) is 23.4 Å². The van der Waals surface area contributed by atoms with Crippen molar-refractivity contribution >= 4 is 15.9 Å². The first-order chi connectivity index (χ1) is 13.9. The van der Waals surface area contributed by atoms with Gasteiger partial charge in [0.1, 0.15) is 11.6 Å². The first-order valence-electron chi connectivity index (χ1n) is 9.26. The molecule has 1 aliphatic rings. The summed E-state index contributed by atoms with van der Waals surface area (Å²) in [6.07, 6.45) is 0. The Morgan fingerprint density at radius 3 is 2.24 bits per heavy atom. The molecule has 7 nitrogen and oxygen atoms in total. The number of amides is 1. The largest absolute Gasteiger partial charge is 0.497 e. The van der Waals surface area contributed by atoms with Gasteiger partial charge in [-0.05, 0) is 42.0 Å². The molecule has 0 unspecified atom stereocenters. The maximum absolute atomic E-state index is 13.0. The molecule has 0 atom stereocenters. The van der Waals surface area contributed by atoms with E-state index >= 15 is 0 Å². The molecule has 1 fully saturated rings. The van der Waals surface area contributed by atoms with Crippen LogP contribution in [0.2, 0.25) is 0 Å². The Kier molecular flexibility index (Phi) is 6.83. The van der Waals surface area contributed by atoms with Crippen molar-refractivity contribution in [1.29, 1.82) is 0 Å². The zero-order chi connectivity index (χ0) is 20.9. The van der Waals surface area contributed by atoms with Gasteiger partial charge in [-0.1, -0.05) is 12.1 Å². The number of hydrogen-bond acceptors (Lipinski definition) is 5. The van der Waals surface area contributed by atoms with Gasteiger partial charge in [-0.2, -0.15) is 4.31 Å². The van der Waals surface area contributed by atoms with E-state index in [2.05, 4.69) is 5.32 Å². The highest BCUT2D eigenvalue weighted by molar-refractivity contribution is 7.89. The van der Waals surface area contributed by atoms with E-state index in [9.17, 15) is 17.6 Å². The number of carbonyl (C=O) groups is 1. The van der Waals surface area contributed by atoms with E-state index in [1.165, 1.54) is 16.4 Å². The predicted molar refractivity (Wildman–Crippen MR) is 106 cm³/mol. The van der Waals surface area contributed by atoms with Crippen LogP contribution in [0.25, 0.3) is 0 Å². The highest BCUT2D eigenvalue weighted by Gasteiger charge is 2.29. The van der Waals surface area contributed by atoms with Crippen LogP contribution >= 0.6 is 0 Å². The maximum Gasteiger partial charge on any atom is 0.243 e. The summed E-state index contributed by atoms with van der Waals surface area (Å²) in [5.41, 5.74) is 0.967. The van der Waals surface area contributed by atoms with E-state index < -0.39 is 15.8 Å². The molecule has 1 heterocycles. The molecule has 156 valence electrons. The second kappa shape index (κ2) is 9.34. The second-order valence-corrected chi connectivity index (χ2v) is 8.70. The molecule has 0 spiro atoms. The number of nitrogens with one attached hydrogen (secondary N) is 1. The monoisotopic (exact) mass is 421 g/mol. The van der Waals surface area contributed by atoms with Crippen LogP contribution < -0.4 is 10.1 Å². The molecule has 0 aliphatic carbocycles. The average Bonchev–Trinajstić information content (AvgIpc) is 2.73. The minimum atomic E-state index is -3.65. The number of nitrogens with zero attached hydrogens (tertiary/aromatic N) is 2. The lowest BCUT2D eigenvalue weighted by molar-refractivity contribution is -0.122. The molecule has 2 aromatic rings. The zero-order valence-corrected chi connectivity index (χ0v) is 17.0. The van der Waals surface area contributed by atoms with Gasteiger partial charge < -0.3 is 10.1 Å². The van der Waals surface area contributed by atoms with Crippen LogP contribution in [0.5, 0.6) is 5.75 Å². The molecular weight excluding hydrogens is 397 g/mol. The van der Waals surface area contributed by atoms with Crippen molar-refractivity contribution < 1.29 is 22.3 Å². The molecule has 1 aliphatic heterocycles. The minimum Gasteiger partial charge on any atom is -0.497 e. The summed E-state index contributed by atoms with van der Waals surface area (Å²) in [5, 5.41) is 2.87. The fourth-order valence-electron chi connectivity index (χ4n) is 3.09. The van der Waals surface area contributed by atoms with Crippen LogP contribution in [0.3, 0.4) is 0 Å². The summed E-state index contributed by atoms with van der Waals surface area (Å²) in [7, 11) is -2.05. The van der Waals surface area contributed by atoms with Crippen molar-refractivity contribution in [1.82, 2.24) is 14.5 Å². The molecule has 0 saturated carbocycles. The summed E-state index contributed by atoms with van der Waals surface area (Å²) in [4.78, 5) is 14.2.